The second kappa shape index (κ2) is 6.78. The number of rotatable bonds is 5. The molecule has 1 rings (SSSR count). The van der Waals surface area contributed by atoms with Crippen molar-refractivity contribution in [1.82, 2.24) is 0 Å². The minimum atomic E-state index is -1.57. The largest absolute Gasteiger partial charge is 0.547 e. The van der Waals surface area contributed by atoms with Gasteiger partial charge < -0.3 is 9.16 Å². The Morgan fingerprint density at radius 3 is 2.56 bits per heavy atom. The van der Waals surface area contributed by atoms with Gasteiger partial charge in [0.05, 0.1) is 12.4 Å². The van der Waals surface area contributed by atoms with Gasteiger partial charge in [-0.25, -0.2) is 4.79 Å². The van der Waals surface area contributed by atoms with Gasteiger partial charge in [0.2, 0.25) is 8.32 Å². The van der Waals surface area contributed by atoms with Gasteiger partial charge >= 0.3 is 5.97 Å². The maximum atomic E-state index is 11.3. The first-order valence-corrected chi connectivity index (χ1v) is 10.1. The minimum absolute atomic E-state index is 0.275. The SMILES string of the molecule is CCOC(=O)/C=C/C1=C(O[Si](C)(C)C)CCCC1. The summed E-state index contributed by atoms with van der Waals surface area (Å²) in [6.07, 6.45) is 7.71. The quantitative estimate of drug-likeness (QED) is 0.432. The van der Waals surface area contributed by atoms with Crippen LogP contribution < -0.4 is 0 Å². The second-order valence-corrected chi connectivity index (χ2v) is 9.88. The molecule has 0 aromatic heterocycles. The molecule has 0 fully saturated rings. The topological polar surface area (TPSA) is 35.5 Å². The molecule has 0 aromatic carbocycles. The van der Waals surface area contributed by atoms with Gasteiger partial charge in [-0.15, -0.1) is 0 Å². The Labute approximate surface area is 111 Å². The van der Waals surface area contributed by atoms with Crippen LogP contribution in [0.25, 0.3) is 0 Å². The van der Waals surface area contributed by atoms with Crippen molar-refractivity contribution in [3.05, 3.63) is 23.5 Å². The molecule has 0 heterocycles. The first-order valence-electron chi connectivity index (χ1n) is 6.68. The van der Waals surface area contributed by atoms with E-state index in [0.717, 1.165) is 24.2 Å². The lowest BCUT2D eigenvalue weighted by Gasteiger charge is -2.26. The van der Waals surface area contributed by atoms with Gasteiger partial charge in [-0.3, -0.25) is 0 Å². The highest BCUT2D eigenvalue weighted by Crippen LogP contribution is 2.28. The number of ether oxygens (including phenoxy) is 1. The van der Waals surface area contributed by atoms with Crippen molar-refractivity contribution in [3.8, 4) is 0 Å². The fraction of sp³-hybridized carbons (Fsp3) is 0.643. The lowest BCUT2D eigenvalue weighted by molar-refractivity contribution is -0.137. The van der Waals surface area contributed by atoms with Gasteiger partial charge in [-0.2, -0.15) is 0 Å². The molecule has 1 aliphatic carbocycles. The van der Waals surface area contributed by atoms with E-state index in [4.69, 9.17) is 9.16 Å². The zero-order valence-corrected chi connectivity index (χ0v) is 12.9. The molecule has 18 heavy (non-hydrogen) atoms. The maximum Gasteiger partial charge on any atom is 0.330 e. The van der Waals surface area contributed by atoms with Crippen molar-refractivity contribution in [3.63, 3.8) is 0 Å². The molecule has 0 amide bonds. The predicted molar refractivity (Wildman–Crippen MR) is 75.7 cm³/mol. The van der Waals surface area contributed by atoms with E-state index in [1.807, 2.05) is 13.0 Å². The molecule has 0 atom stereocenters. The van der Waals surface area contributed by atoms with Crippen LogP contribution in [-0.2, 0) is 14.0 Å². The molecule has 0 spiro atoms. The van der Waals surface area contributed by atoms with E-state index in [-0.39, 0.29) is 5.97 Å². The second-order valence-electron chi connectivity index (χ2n) is 5.46. The molecule has 4 heteroatoms. The molecule has 0 N–H and O–H groups in total. The summed E-state index contributed by atoms with van der Waals surface area (Å²) >= 11 is 0. The summed E-state index contributed by atoms with van der Waals surface area (Å²) in [6, 6.07) is 0. The monoisotopic (exact) mass is 268 g/mol. The van der Waals surface area contributed by atoms with Crippen molar-refractivity contribution in [2.24, 2.45) is 0 Å². The Morgan fingerprint density at radius 2 is 1.94 bits per heavy atom. The number of esters is 1. The van der Waals surface area contributed by atoms with E-state index in [2.05, 4.69) is 19.6 Å². The van der Waals surface area contributed by atoms with Crippen molar-refractivity contribution >= 4 is 14.3 Å². The lowest BCUT2D eigenvalue weighted by Crippen LogP contribution is -2.26. The highest BCUT2D eigenvalue weighted by Gasteiger charge is 2.21. The standard InChI is InChI=1S/C14H24O3Si/c1-5-16-14(15)11-10-12-8-6-7-9-13(12)17-18(2,3)4/h10-11H,5-9H2,1-4H3/b11-10+. The zero-order valence-electron chi connectivity index (χ0n) is 11.9. The summed E-state index contributed by atoms with van der Waals surface area (Å²) in [5.41, 5.74) is 1.16. The van der Waals surface area contributed by atoms with Gasteiger partial charge in [0.1, 0.15) is 0 Å². The average Bonchev–Trinajstić information content (AvgIpc) is 2.26. The number of carbonyl (C=O) groups excluding carboxylic acids is 1. The van der Waals surface area contributed by atoms with Crippen molar-refractivity contribution in [2.75, 3.05) is 6.61 Å². The molecule has 0 aliphatic heterocycles. The number of hydrogen-bond acceptors (Lipinski definition) is 3. The molecule has 0 saturated carbocycles. The third-order valence-corrected chi connectivity index (χ3v) is 3.45. The Morgan fingerprint density at radius 1 is 1.28 bits per heavy atom. The van der Waals surface area contributed by atoms with Crippen LogP contribution in [0, 0.1) is 0 Å². The minimum Gasteiger partial charge on any atom is -0.547 e. The summed E-state index contributed by atoms with van der Waals surface area (Å²) in [7, 11) is -1.57. The van der Waals surface area contributed by atoms with Crippen LogP contribution >= 0.6 is 0 Å². The van der Waals surface area contributed by atoms with Gasteiger partial charge in [0, 0.05) is 12.5 Å². The van der Waals surface area contributed by atoms with E-state index in [1.165, 1.54) is 18.9 Å². The van der Waals surface area contributed by atoms with Crippen LogP contribution in [-0.4, -0.2) is 20.9 Å². The van der Waals surface area contributed by atoms with Crippen molar-refractivity contribution in [1.29, 1.82) is 0 Å². The zero-order chi connectivity index (χ0) is 13.6. The van der Waals surface area contributed by atoms with E-state index in [9.17, 15) is 4.79 Å². The fourth-order valence-electron chi connectivity index (χ4n) is 1.92. The van der Waals surface area contributed by atoms with Gasteiger partial charge in [0.15, 0.2) is 0 Å². The van der Waals surface area contributed by atoms with E-state index in [0.29, 0.717) is 6.61 Å². The normalized spacial score (nSPS) is 17.1. The Balaban J connectivity index is 2.76. The summed E-state index contributed by atoms with van der Waals surface area (Å²) in [5, 5.41) is 0. The molecular formula is C14H24O3Si. The summed E-state index contributed by atoms with van der Waals surface area (Å²) in [4.78, 5) is 11.3. The smallest absolute Gasteiger partial charge is 0.330 e. The molecule has 0 saturated heterocycles. The molecule has 102 valence electrons. The number of allylic oxidation sites excluding steroid dienone is 3. The summed E-state index contributed by atoms with van der Waals surface area (Å²) < 4.78 is 11.0. The first kappa shape index (κ1) is 15.0. The van der Waals surface area contributed by atoms with Crippen LogP contribution in [0.4, 0.5) is 0 Å². The molecular weight excluding hydrogens is 244 g/mol. The number of carbonyl (C=O) groups is 1. The van der Waals surface area contributed by atoms with E-state index < -0.39 is 8.32 Å². The molecule has 0 unspecified atom stereocenters. The highest BCUT2D eigenvalue weighted by atomic mass is 28.4. The third kappa shape index (κ3) is 5.54. The summed E-state index contributed by atoms with van der Waals surface area (Å²) in [5.74, 6) is 0.809. The van der Waals surface area contributed by atoms with E-state index >= 15 is 0 Å². The molecule has 0 bridgehead atoms. The highest BCUT2D eigenvalue weighted by molar-refractivity contribution is 6.70. The maximum absolute atomic E-state index is 11.3. The van der Waals surface area contributed by atoms with Crippen LogP contribution in [0.1, 0.15) is 32.6 Å². The van der Waals surface area contributed by atoms with Gasteiger partial charge in [-0.1, -0.05) is 0 Å². The third-order valence-electron chi connectivity index (χ3n) is 2.59. The van der Waals surface area contributed by atoms with E-state index in [1.54, 1.807) is 0 Å². The fourth-order valence-corrected chi connectivity index (χ4v) is 2.89. The molecule has 3 nitrogen and oxygen atoms in total. The predicted octanol–water partition coefficient (Wildman–Crippen LogP) is 3.79. The van der Waals surface area contributed by atoms with Crippen molar-refractivity contribution in [2.45, 2.75) is 52.2 Å². The Bertz CT molecular complexity index is 351. The van der Waals surface area contributed by atoms with Crippen LogP contribution in [0.2, 0.25) is 19.6 Å². The molecule has 0 aromatic rings. The number of hydrogen-bond donors (Lipinski definition) is 0. The molecule has 0 radical (unpaired) electrons. The lowest BCUT2D eigenvalue weighted by atomic mass is 9.97. The van der Waals surface area contributed by atoms with Gasteiger partial charge in [0.25, 0.3) is 0 Å². The summed E-state index contributed by atoms with van der Waals surface area (Å²) in [6.45, 7) is 8.77. The van der Waals surface area contributed by atoms with Crippen LogP contribution in [0.5, 0.6) is 0 Å². The Kier molecular flexibility index (Phi) is 5.66. The first-order chi connectivity index (χ1) is 8.42. The average molecular weight is 268 g/mol. The Hall–Kier alpha value is -1.03. The van der Waals surface area contributed by atoms with Gasteiger partial charge in [-0.05, 0) is 57.5 Å². The van der Waals surface area contributed by atoms with Crippen molar-refractivity contribution < 1.29 is 14.0 Å². The molecule has 1 aliphatic rings. The van der Waals surface area contributed by atoms with Crippen LogP contribution in [0.15, 0.2) is 23.5 Å². The van der Waals surface area contributed by atoms with Crippen LogP contribution in [0.3, 0.4) is 0 Å².